The number of carbonyl (C=O) groups is 2. The van der Waals surface area contributed by atoms with Crippen LogP contribution in [0.15, 0.2) is 72.8 Å². The molecule has 170 valence electrons. The van der Waals surface area contributed by atoms with Gasteiger partial charge in [-0.1, -0.05) is 54.1 Å². The average Bonchev–Trinajstić information content (AvgIpc) is 3.09. The van der Waals surface area contributed by atoms with Gasteiger partial charge >= 0.3 is 6.03 Å². The molecule has 3 aromatic carbocycles. The van der Waals surface area contributed by atoms with Crippen LogP contribution in [0.2, 0.25) is 5.02 Å². The molecule has 0 aromatic heterocycles. The van der Waals surface area contributed by atoms with Crippen molar-refractivity contribution < 1.29 is 9.59 Å². The topological polar surface area (TPSA) is 76.4 Å². The summed E-state index contributed by atoms with van der Waals surface area (Å²) in [5.74, 6) is -0.205. The first kappa shape index (κ1) is 22.1. The molecule has 2 aliphatic rings. The quantitative estimate of drug-likeness (QED) is 0.546. The van der Waals surface area contributed by atoms with Gasteiger partial charge in [-0.15, -0.1) is 0 Å². The molecule has 6 nitrogen and oxygen atoms in total. The lowest BCUT2D eigenvalue weighted by Gasteiger charge is -2.42. The largest absolute Gasteiger partial charge is 0.329 e. The first-order valence-corrected chi connectivity index (χ1v) is 11.6. The molecule has 2 saturated heterocycles. The Labute approximate surface area is 203 Å². The zero-order chi connectivity index (χ0) is 23.7. The van der Waals surface area contributed by atoms with E-state index in [1.807, 2.05) is 54.6 Å². The number of imide groups is 1. The summed E-state index contributed by atoms with van der Waals surface area (Å²) in [5.41, 5.74) is 3.52. The summed E-state index contributed by atoms with van der Waals surface area (Å²) in [6.45, 7) is 2.19. The van der Waals surface area contributed by atoms with Crippen LogP contribution in [0.1, 0.15) is 24.0 Å². The Morgan fingerprint density at radius 3 is 2.32 bits per heavy atom. The molecule has 7 heteroatoms. The molecule has 1 spiro atoms. The van der Waals surface area contributed by atoms with Crippen LogP contribution in [0.4, 0.5) is 10.5 Å². The minimum Gasteiger partial charge on any atom is -0.299 e. The summed E-state index contributed by atoms with van der Waals surface area (Å²) in [5, 5.41) is 12.3. The van der Waals surface area contributed by atoms with Crippen LogP contribution >= 0.6 is 11.6 Å². The fourth-order valence-corrected chi connectivity index (χ4v) is 5.16. The average molecular weight is 471 g/mol. The van der Waals surface area contributed by atoms with Crippen LogP contribution in [0.3, 0.4) is 0 Å². The van der Waals surface area contributed by atoms with E-state index in [1.165, 1.54) is 0 Å². The standard InChI is InChI=1S/C27H23ClN4O2/c28-23-15-20(17-29)14-22(16-23)21-8-6-19(7-9-21)18-31-12-10-27(11-13-31)25(33)30-26(34)32(27)24-4-2-1-3-5-24/h1-9,14-16H,10-13,18H2,(H,30,33,34). The number of carbonyl (C=O) groups excluding carboxylic acids is 2. The number of hydrogen-bond donors (Lipinski definition) is 1. The van der Waals surface area contributed by atoms with E-state index in [0.29, 0.717) is 36.5 Å². The number of likely N-dealkylation sites (tertiary alicyclic amines) is 1. The van der Waals surface area contributed by atoms with Gasteiger partial charge in [0.05, 0.1) is 11.6 Å². The summed E-state index contributed by atoms with van der Waals surface area (Å²) >= 11 is 6.15. The first-order chi connectivity index (χ1) is 16.5. The van der Waals surface area contributed by atoms with E-state index < -0.39 is 5.54 Å². The number of piperidine rings is 1. The fourth-order valence-electron chi connectivity index (χ4n) is 4.92. The molecule has 0 bridgehead atoms. The van der Waals surface area contributed by atoms with Gasteiger partial charge in [0.1, 0.15) is 5.54 Å². The number of nitrogens with zero attached hydrogens (tertiary/aromatic N) is 3. The molecular weight excluding hydrogens is 448 g/mol. The Hall–Kier alpha value is -3.66. The maximum Gasteiger partial charge on any atom is 0.329 e. The number of anilines is 1. The van der Waals surface area contributed by atoms with Gasteiger partial charge in [0, 0.05) is 30.3 Å². The third kappa shape index (κ3) is 4.05. The minimum absolute atomic E-state index is 0.205. The van der Waals surface area contributed by atoms with Gasteiger partial charge in [0.15, 0.2) is 0 Å². The summed E-state index contributed by atoms with van der Waals surface area (Å²) in [4.78, 5) is 29.4. The smallest absolute Gasteiger partial charge is 0.299 e. The van der Waals surface area contributed by atoms with Gasteiger partial charge in [0.25, 0.3) is 5.91 Å². The van der Waals surface area contributed by atoms with E-state index >= 15 is 0 Å². The molecule has 2 heterocycles. The molecule has 0 unspecified atom stereocenters. The molecule has 3 aromatic rings. The lowest BCUT2D eigenvalue weighted by molar-refractivity contribution is -0.124. The number of nitrogens with one attached hydrogen (secondary N) is 1. The number of urea groups is 1. The van der Waals surface area contributed by atoms with E-state index in [4.69, 9.17) is 11.6 Å². The van der Waals surface area contributed by atoms with Gasteiger partial charge in [-0.25, -0.2) is 4.79 Å². The number of para-hydroxylation sites is 1. The van der Waals surface area contributed by atoms with Crippen LogP contribution in [0.5, 0.6) is 0 Å². The van der Waals surface area contributed by atoms with Crippen molar-refractivity contribution in [2.24, 2.45) is 0 Å². The van der Waals surface area contributed by atoms with E-state index in [-0.39, 0.29) is 11.9 Å². The highest BCUT2D eigenvalue weighted by molar-refractivity contribution is 6.31. The molecule has 1 N–H and O–H groups in total. The molecule has 2 fully saturated rings. The first-order valence-electron chi connectivity index (χ1n) is 11.2. The van der Waals surface area contributed by atoms with E-state index in [9.17, 15) is 14.9 Å². The predicted octanol–water partition coefficient (Wildman–Crippen LogP) is 4.97. The van der Waals surface area contributed by atoms with Crippen molar-refractivity contribution in [2.45, 2.75) is 24.9 Å². The zero-order valence-corrected chi connectivity index (χ0v) is 19.3. The molecule has 3 amide bonds. The second kappa shape index (κ2) is 8.94. The number of nitriles is 1. The fraction of sp³-hybridized carbons (Fsp3) is 0.222. The third-order valence-corrected chi connectivity index (χ3v) is 6.91. The Kier molecular flexibility index (Phi) is 5.82. The van der Waals surface area contributed by atoms with Crippen molar-refractivity contribution >= 4 is 29.2 Å². The summed E-state index contributed by atoms with van der Waals surface area (Å²) in [6.07, 6.45) is 1.16. The van der Waals surface area contributed by atoms with Crippen molar-refractivity contribution in [3.63, 3.8) is 0 Å². The van der Waals surface area contributed by atoms with E-state index in [2.05, 4.69) is 28.4 Å². The lowest BCUT2D eigenvalue weighted by Crippen LogP contribution is -2.56. The van der Waals surface area contributed by atoms with Crippen LogP contribution in [-0.2, 0) is 11.3 Å². The lowest BCUT2D eigenvalue weighted by atomic mass is 9.85. The predicted molar refractivity (Wildman–Crippen MR) is 131 cm³/mol. The number of hydrogen-bond acceptors (Lipinski definition) is 4. The second-order valence-corrected chi connectivity index (χ2v) is 9.21. The highest BCUT2D eigenvalue weighted by atomic mass is 35.5. The minimum atomic E-state index is -0.830. The molecule has 2 aliphatic heterocycles. The summed E-state index contributed by atoms with van der Waals surface area (Å²) < 4.78 is 0. The molecule has 0 atom stereocenters. The van der Waals surface area contributed by atoms with Crippen LogP contribution in [0.25, 0.3) is 11.1 Å². The zero-order valence-electron chi connectivity index (χ0n) is 18.5. The van der Waals surface area contributed by atoms with Gasteiger partial charge in [0.2, 0.25) is 0 Å². The highest BCUT2D eigenvalue weighted by Crippen LogP contribution is 2.37. The van der Waals surface area contributed by atoms with Gasteiger partial charge in [-0.3, -0.25) is 19.9 Å². The number of benzene rings is 3. The number of halogens is 1. The summed E-state index contributed by atoms with van der Waals surface area (Å²) in [6, 6.07) is 24.7. The number of rotatable bonds is 4. The van der Waals surface area contributed by atoms with Crippen LogP contribution in [0, 0.1) is 11.3 Å². The number of amides is 3. The van der Waals surface area contributed by atoms with Gasteiger partial charge < -0.3 is 0 Å². The van der Waals surface area contributed by atoms with Gasteiger partial charge in [-0.2, -0.15) is 5.26 Å². The van der Waals surface area contributed by atoms with Crippen LogP contribution < -0.4 is 10.2 Å². The molecule has 34 heavy (non-hydrogen) atoms. The molecule has 0 aliphatic carbocycles. The third-order valence-electron chi connectivity index (χ3n) is 6.69. The molecule has 0 saturated carbocycles. The monoisotopic (exact) mass is 470 g/mol. The van der Waals surface area contributed by atoms with Crippen molar-refractivity contribution in [2.75, 3.05) is 18.0 Å². The molecular formula is C27H23ClN4O2. The maximum atomic E-state index is 12.8. The Morgan fingerprint density at radius 2 is 1.65 bits per heavy atom. The van der Waals surface area contributed by atoms with E-state index in [1.54, 1.807) is 11.0 Å². The molecule has 0 radical (unpaired) electrons. The van der Waals surface area contributed by atoms with Crippen molar-refractivity contribution in [3.05, 3.63) is 88.9 Å². The Morgan fingerprint density at radius 1 is 0.941 bits per heavy atom. The SMILES string of the molecule is N#Cc1cc(Cl)cc(-c2ccc(CN3CCC4(CC3)C(=O)NC(=O)N4c3ccccc3)cc2)c1. The van der Waals surface area contributed by atoms with Crippen molar-refractivity contribution in [1.82, 2.24) is 10.2 Å². The van der Waals surface area contributed by atoms with E-state index in [0.717, 1.165) is 28.9 Å². The maximum absolute atomic E-state index is 12.8. The van der Waals surface area contributed by atoms with Crippen LogP contribution in [-0.4, -0.2) is 35.5 Å². The van der Waals surface area contributed by atoms with Gasteiger partial charge in [-0.05, 0) is 59.9 Å². The normalized spacial score (nSPS) is 17.6. The second-order valence-electron chi connectivity index (χ2n) is 8.78. The molecule has 5 rings (SSSR count). The summed E-state index contributed by atoms with van der Waals surface area (Å²) in [7, 11) is 0. The Bertz CT molecular complexity index is 1280. The van der Waals surface area contributed by atoms with Crippen molar-refractivity contribution in [3.8, 4) is 17.2 Å². The van der Waals surface area contributed by atoms with Crippen molar-refractivity contribution in [1.29, 1.82) is 5.26 Å². The highest BCUT2D eigenvalue weighted by Gasteiger charge is 2.54. The Balaban J connectivity index is 1.28.